The molecule has 1 aliphatic rings. The maximum Gasteiger partial charge on any atom is 0.0207 e. The first-order valence-electron chi connectivity index (χ1n) is 6.80. The molecule has 1 N–H and O–H groups in total. The minimum Gasteiger partial charge on any atom is -0.313 e. The van der Waals surface area contributed by atoms with E-state index < -0.39 is 0 Å². The lowest BCUT2D eigenvalue weighted by Crippen LogP contribution is -2.32. The largest absolute Gasteiger partial charge is 0.313 e. The molecule has 2 nitrogen and oxygen atoms in total. The fourth-order valence-electron chi connectivity index (χ4n) is 2.66. The molecule has 1 fully saturated rings. The van der Waals surface area contributed by atoms with Crippen LogP contribution in [-0.4, -0.2) is 37.1 Å². The molecule has 0 radical (unpaired) electrons. The number of hydrogen-bond donors (Lipinski definition) is 1. The molecule has 0 spiro atoms. The van der Waals surface area contributed by atoms with Gasteiger partial charge in [-0.1, -0.05) is 31.2 Å². The van der Waals surface area contributed by atoms with Crippen molar-refractivity contribution in [3.63, 3.8) is 0 Å². The summed E-state index contributed by atoms with van der Waals surface area (Å²) in [6.07, 6.45) is 2.49. The topological polar surface area (TPSA) is 15.3 Å². The van der Waals surface area contributed by atoms with Crippen LogP contribution in [0.1, 0.15) is 24.5 Å². The number of aryl methyl sites for hydroxylation is 1. The van der Waals surface area contributed by atoms with Crippen LogP contribution in [0.2, 0.25) is 0 Å². The molecular formula is C15H24N2. The summed E-state index contributed by atoms with van der Waals surface area (Å²) < 4.78 is 0. The van der Waals surface area contributed by atoms with Crippen LogP contribution in [0.15, 0.2) is 24.3 Å². The van der Waals surface area contributed by atoms with E-state index in [4.69, 9.17) is 0 Å². The Hall–Kier alpha value is -0.860. The fourth-order valence-corrected chi connectivity index (χ4v) is 2.66. The Morgan fingerprint density at radius 1 is 1.35 bits per heavy atom. The van der Waals surface area contributed by atoms with Crippen LogP contribution in [0.25, 0.3) is 0 Å². The zero-order chi connectivity index (χ0) is 12.1. The van der Waals surface area contributed by atoms with E-state index in [0.29, 0.717) is 0 Å². The molecule has 0 aromatic heterocycles. The molecule has 1 saturated heterocycles. The Morgan fingerprint density at radius 3 is 2.94 bits per heavy atom. The van der Waals surface area contributed by atoms with Gasteiger partial charge in [-0.25, -0.2) is 0 Å². The van der Waals surface area contributed by atoms with Crippen molar-refractivity contribution in [1.29, 1.82) is 0 Å². The molecule has 94 valence electrons. The van der Waals surface area contributed by atoms with Gasteiger partial charge in [-0.2, -0.15) is 0 Å². The van der Waals surface area contributed by atoms with Crippen LogP contribution < -0.4 is 5.32 Å². The van der Waals surface area contributed by atoms with E-state index in [2.05, 4.69) is 48.3 Å². The molecule has 1 aromatic carbocycles. The molecule has 0 amide bonds. The van der Waals surface area contributed by atoms with Crippen molar-refractivity contribution in [1.82, 2.24) is 10.2 Å². The molecule has 2 rings (SSSR count). The van der Waals surface area contributed by atoms with Crippen molar-refractivity contribution in [2.24, 2.45) is 0 Å². The quantitative estimate of drug-likeness (QED) is 0.837. The highest BCUT2D eigenvalue weighted by Gasteiger charge is 2.20. The summed E-state index contributed by atoms with van der Waals surface area (Å²) in [7, 11) is 0. The van der Waals surface area contributed by atoms with Crippen molar-refractivity contribution in [3.05, 3.63) is 35.4 Å². The van der Waals surface area contributed by atoms with E-state index >= 15 is 0 Å². The van der Waals surface area contributed by atoms with Crippen LogP contribution >= 0.6 is 0 Å². The average molecular weight is 232 g/mol. The lowest BCUT2D eigenvalue weighted by molar-refractivity contribution is 0.332. The smallest absolute Gasteiger partial charge is 0.0207 e. The number of hydrogen-bond acceptors (Lipinski definition) is 2. The second-order valence-corrected chi connectivity index (χ2v) is 5.02. The van der Waals surface area contributed by atoms with E-state index in [-0.39, 0.29) is 0 Å². The molecule has 1 aliphatic heterocycles. The fraction of sp³-hybridized carbons (Fsp3) is 0.600. The third-order valence-electron chi connectivity index (χ3n) is 3.72. The molecular weight excluding hydrogens is 208 g/mol. The van der Waals surface area contributed by atoms with Gasteiger partial charge in [0.1, 0.15) is 0 Å². The van der Waals surface area contributed by atoms with Crippen LogP contribution in [0.3, 0.4) is 0 Å². The first-order chi connectivity index (χ1) is 8.29. The predicted molar refractivity (Wildman–Crippen MR) is 73.4 cm³/mol. The zero-order valence-corrected chi connectivity index (χ0v) is 11.1. The summed E-state index contributed by atoms with van der Waals surface area (Å²) in [4.78, 5) is 2.58. The molecule has 0 saturated carbocycles. The lowest BCUT2D eigenvalue weighted by atomic mass is 10.1. The number of nitrogens with zero attached hydrogens (tertiary/aromatic N) is 1. The van der Waals surface area contributed by atoms with Crippen molar-refractivity contribution >= 4 is 0 Å². The van der Waals surface area contributed by atoms with Gasteiger partial charge in [-0.3, -0.25) is 0 Å². The van der Waals surface area contributed by atoms with Crippen LogP contribution in [-0.2, 0) is 6.42 Å². The molecule has 17 heavy (non-hydrogen) atoms. The summed E-state index contributed by atoms with van der Waals surface area (Å²) >= 11 is 0. The maximum atomic E-state index is 3.54. The SMILES string of the molecule is CCNC1CCN(CCc2ccccc2C)C1. The van der Waals surface area contributed by atoms with Crippen molar-refractivity contribution in [3.8, 4) is 0 Å². The number of likely N-dealkylation sites (N-methyl/N-ethyl adjacent to an activating group) is 1. The summed E-state index contributed by atoms with van der Waals surface area (Å²) in [5.41, 5.74) is 2.93. The Balaban J connectivity index is 1.78. The summed E-state index contributed by atoms with van der Waals surface area (Å²) in [6, 6.07) is 9.45. The van der Waals surface area contributed by atoms with Crippen molar-refractivity contribution in [2.75, 3.05) is 26.2 Å². The monoisotopic (exact) mass is 232 g/mol. The first kappa shape index (κ1) is 12.6. The van der Waals surface area contributed by atoms with Gasteiger partial charge in [-0.05, 0) is 44.0 Å². The molecule has 1 heterocycles. The van der Waals surface area contributed by atoms with Gasteiger partial charge in [-0.15, -0.1) is 0 Å². The van der Waals surface area contributed by atoms with Gasteiger partial charge < -0.3 is 10.2 Å². The van der Waals surface area contributed by atoms with Gasteiger partial charge >= 0.3 is 0 Å². The predicted octanol–water partition coefficient (Wildman–Crippen LogP) is 2.22. The maximum absolute atomic E-state index is 3.54. The Bertz CT molecular complexity index is 349. The van der Waals surface area contributed by atoms with Crippen LogP contribution in [0, 0.1) is 6.92 Å². The molecule has 1 aromatic rings. The second kappa shape index (κ2) is 6.18. The molecule has 2 heteroatoms. The Kier molecular flexibility index (Phi) is 4.57. The number of nitrogens with one attached hydrogen (secondary N) is 1. The highest BCUT2D eigenvalue weighted by molar-refractivity contribution is 5.25. The first-order valence-corrected chi connectivity index (χ1v) is 6.80. The molecule has 1 unspecified atom stereocenters. The summed E-state index contributed by atoms with van der Waals surface area (Å²) in [5.74, 6) is 0. The minimum absolute atomic E-state index is 0.719. The van der Waals surface area contributed by atoms with Gasteiger partial charge in [0.15, 0.2) is 0 Å². The molecule has 0 aliphatic carbocycles. The van der Waals surface area contributed by atoms with Crippen LogP contribution in [0.5, 0.6) is 0 Å². The number of rotatable bonds is 5. The van der Waals surface area contributed by atoms with E-state index in [9.17, 15) is 0 Å². The molecule has 0 bridgehead atoms. The lowest BCUT2D eigenvalue weighted by Gasteiger charge is -2.16. The summed E-state index contributed by atoms with van der Waals surface area (Å²) in [6.45, 7) is 9.17. The van der Waals surface area contributed by atoms with Gasteiger partial charge in [0.05, 0.1) is 0 Å². The van der Waals surface area contributed by atoms with E-state index in [0.717, 1.165) is 12.6 Å². The Labute approximate surface area is 105 Å². The van der Waals surface area contributed by atoms with E-state index in [1.807, 2.05) is 0 Å². The average Bonchev–Trinajstić information content (AvgIpc) is 2.76. The number of benzene rings is 1. The second-order valence-electron chi connectivity index (χ2n) is 5.02. The minimum atomic E-state index is 0.719. The van der Waals surface area contributed by atoms with Gasteiger partial charge in [0, 0.05) is 19.1 Å². The highest BCUT2D eigenvalue weighted by Crippen LogP contribution is 2.12. The Morgan fingerprint density at radius 2 is 2.18 bits per heavy atom. The van der Waals surface area contributed by atoms with Crippen LogP contribution in [0.4, 0.5) is 0 Å². The van der Waals surface area contributed by atoms with Gasteiger partial charge in [0.2, 0.25) is 0 Å². The van der Waals surface area contributed by atoms with E-state index in [1.54, 1.807) is 0 Å². The zero-order valence-electron chi connectivity index (χ0n) is 11.1. The van der Waals surface area contributed by atoms with Crippen molar-refractivity contribution < 1.29 is 0 Å². The van der Waals surface area contributed by atoms with Crippen molar-refractivity contribution in [2.45, 2.75) is 32.7 Å². The standard InChI is InChI=1S/C15H24N2/c1-3-16-15-9-11-17(12-15)10-8-14-7-5-4-6-13(14)2/h4-7,15-16H,3,8-12H2,1-2H3. The van der Waals surface area contributed by atoms with Gasteiger partial charge in [0.25, 0.3) is 0 Å². The number of likely N-dealkylation sites (tertiary alicyclic amines) is 1. The summed E-state index contributed by atoms with van der Waals surface area (Å²) in [5, 5.41) is 3.54. The highest BCUT2D eigenvalue weighted by atomic mass is 15.2. The third kappa shape index (κ3) is 3.55. The van der Waals surface area contributed by atoms with E-state index in [1.165, 1.54) is 43.6 Å². The normalized spacial score (nSPS) is 20.9. The molecule has 1 atom stereocenters. The third-order valence-corrected chi connectivity index (χ3v) is 3.72.